The molecule has 0 aromatic heterocycles. The summed E-state index contributed by atoms with van der Waals surface area (Å²) in [5.74, 6) is 0. The molecule has 0 spiro atoms. The third kappa shape index (κ3) is 1.47. The molecule has 2 heteroatoms. The Morgan fingerprint density at radius 2 is 1.90 bits per heavy atom. The molecule has 1 aromatic rings. The van der Waals surface area contributed by atoms with E-state index < -0.39 is 0 Å². The smallest absolute Gasteiger partial charge is 0.208 e. The summed E-state index contributed by atoms with van der Waals surface area (Å²) >= 11 is 0. The number of benzene rings is 1. The molecule has 1 aromatic carbocycles. The van der Waals surface area contributed by atoms with Crippen LogP contribution in [0.15, 0.2) is 30.3 Å². The Bertz CT molecular complexity index is 218. The van der Waals surface area contributed by atoms with E-state index in [-0.39, 0.29) is 5.68 Å². The van der Waals surface area contributed by atoms with Gasteiger partial charge in [-0.2, -0.15) is 0 Å². The molecule has 0 heterocycles. The zero-order chi connectivity index (χ0) is 7.40. The lowest BCUT2D eigenvalue weighted by molar-refractivity contribution is 0.107. The van der Waals surface area contributed by atoms with E-state index in [4.69, 9.17) is 0 Å². The van der Waals surface area contributed by atoms with Crippen molar-refractivity contribution in [1.29, 1.82) is 0 Å². The van der Waals surface area contributed by atoms with Crippen molar-refractivity contribution in [2.75, 3.05) is 0 Å². The highest BCUT2D eigenvalue weighted by Crippen LogP contribution is 1.97. The van der Waals surface area contributed by atoms with Gasteiger partial charge in [0.1, 0.15) is 5.68 Å². The predicted molar refractivity (Wildman–Crippen MR) is 43.8 cm³/mol. The Balaban J connectivity index is 2.85. The van der Waals surface area contributed by atoms with Crippen LogP contribution < -0.4 is 0 Å². The second-order valence-corrected chi connectivity index (χ2v) is 2.14. The fourth-order valence-electron chi connectivity index (χ4n) is 0.828. The first-order chi connectivity index (χ1) is 4.84. The molecule has 0 aliphatic rings. The molecule has 0 saturated carbocycles. The third-order valence-corrected chi connectivity index (χ3v) is 1.42. The third-order valence-electron chi connectivity index (χ3n) is 1.42. The molecule has 0 saturated heterocycles. The minimum atomic E-state index is 0.209. The SMILES string of the molecule is CBC(=O)c1ccccc1. The van der Waals surface area contributed by atoms with Crippen LogP contribution in [0.5, 0.6) is 0 Å². The molecule has 0 unspecified atom stereocenters. The second kappa shape index (κ2) is 3.21. The van der Waals surface area contributed by atoms with E-state index in [0.29, 0.717) is 7.28 Å². The summed E-state index contributed by atoms with van der Waals surface area (Å²) in [5, 5.41) is 0. The molecular weight excluding hydrogens is 123 g/mol. The maximum atomic E-state index is 11.0. The second-order valence-electron chi connectivity index (χ2n) is 2.14. The zero-order valence-electron chi connectivity index (χ0n) is 6.00. The Morgan fingerprint density at radius 1 is 1.30 bits per heavy atom. The number of carbonyl (C=O) groups is 1. The van der Waals surface area contributed by atoms with Crippen LogP contribution in [0.3, 0.4) is 0 Å². The molecule has 10 heavy (non-hydrogen) atoms. The van der Waals surface area contributed by atoms with Crippen LogP contribution in [0.1, 0.15) is 10.4 Å². The van der Waals surface area contributed by atoms with Crippen molar-refractivity contribution in [2.45, 2.75) is 6.82 Å². The summed E-state index contributed by atoms with van der Waals surface area (Å²) in [5.41, 5.74) is 1.02. The van der Waals surface area contributed by atoms with Gasteiger partial charge < -0.3 is 4.79 Å². The van der Waals surface area contributed by atoms with Crippen LogP contribution in [0.2, 0.25) is 6.82 Å². The summed E-state index contributed by atoms with van der Waals surface area (Å²) in [6, 6.07) is 9.34. The van der Waals surface area contributed by atoms with E-state index in [1.807, 2.05) is 37.2 Å². The molecule has 0 radical (unpaired) electrons. The van der Waals surface area contributed by atoms with Crippen LogP contribution in [0.4, 0.5) is 0 Å². The normalized spacial score (nSPS) is 8.90. The fraction of sp³-hybridized carbons (Fsp3) is 0.125. The first-order valence-electron chi connectivity index (χ1n) is 3.43. The minimum absolute atomic E-state index is 0.209. The highest BCUT2D eigenvalue weighted by molar-refractivity contribution is 6.76. The van der Waals surface area contributed by atoms with Crippen molar-refractivity contribution in [3.8, 4) is 0 Å². The van der Waals surface area contributed by atoms with Gasteiger partial charge in [-0.15, -0.1) is 0 Å². The zero-order valence-corrected chi connectivity index (χ0v) is 6.00. The van der Waals surface area contributed by atoms with E-state index in [0.717, 1.165) is 5.56 Å². The molecule has 0 fully saturated rings. The van der Waals surface area contributed by atoms with Crippen LogP contribution in [-0.2, 0) is 0 Å². The van der Waals surface area contributed by atoms with E-state index >= 15 is 0 Å². The lowest BCUT2D eigenvalue weighted by Crippen LogP contribution is -2.04. The van der Waals surface area contributed by atoms with Crippen molar-refractivity contribution >= 4 is 13.0 Å². The number of hydrogen-bond donors (Lipinski definition) is 0. The average molecular weight is 132 g/mol. The highest BCUT2D eigenvalue weighted by atomic mass is 16.1. The predicted octanol–water partition coefficient (Wildman–Crippen LogP) is 1.31. The summed E-state index contributed by atoms with van der Waals surface area (Å²) in [4.78, 5) is 11.0. The van der Waals surface area contributed by atoms with Crippen molar-refractivity contribution in [3.05, 3.63) is 35.9 Å². The number of hydrogen-bond acceptors (Lipinski definition) is 1. The summed E-state index contributed by atoms with van der Waals surface area (Å²) in [7, 11) is 0.587. The van der Waals surface area contributed by atoms with Gasteiger partial charge in [-0.3, -0.25) is 0 Å². The van der Waals surface area contributed by atoms with Crippen molar-refractivity contribution in [3.63, 3.8) is 0 Å². The average Bonchev–Trinajstić information content (AvgIpc) is 2.05. The molecule has 0 bridgehead atoms. The Morgan fingerprint density at radius 3 is 2.40 bits per heavy atom. The highest BCUT2D eigenvalue weighted by Gasteiger charge is 1.99. The van der Waals surface area contributed by atoms with E-state index in [2.05, 4.69) is 0 Å². The molecule has 0 N–H and O–H groups in total. The van der Waals surface area contributed by atoms with Crippen LogP contribution in [0, 0.1) is 0 Å². The molecular formula is C8H9BO. The van der Waals surface area contributed by atoms with Gasteiger partial charge in [-0.05, 0) is 0 Å². The topological polar surface area (TPSA) is 17.1 Å². The lowest BCUT2D eigenvalue weighted by Gasteiger charge is -1.93. The Labute approximate surface area is 61.3 Å². The number of carbonyl (C=O) groups excluding carboxylic acids is 1. The first-order valence-corrected chi connectivity index (χ1v) is 3.43. The Hall–Kier alpha value is -1.05. The van der Waals surface area contributed by atoms with Gasteiger partial charge in [0.25, 0.3) is 0 Å². The summed E-state index contributed by atoms with van der Waals surface area (Å²) < 4.78 is 0. The van der Waals surface area contributed by atoms with Gasteiger partial charge in [0.05, 0.1) is 0 Å². The largest absolute Gasteiger partial charge is 0.306 e. The van der Waals surface area contributed by atoms with E-state index in [9.17, 15) is 4.79 Å². The van der Waals surface area contributed by atoms with Crippen LogP contribution in [0.25, 0.3) is 0 Å². The first kappa shape index (κ1) is 7.07. The molecule has 0 aliphatic carbocycles. The van der Waals surface area contributed by atoms with Gasteiger partial charge in [0.15, 0.2) is 0 Å². The van der Waals surface area contributed by atoms with Crippen molar-refractivity contribution in [1.82, 2.24) is 0 Å². The van der Waals surface area contributed by atoms with Gasteiger partial charge in [0.2, 0.25) is 7.28 Å². The number of rotatable bonds is 2. The maximum absolute atomic E-state index is 11.0. The lowest BCUT2D eigenvalue weighted by atomic mass is 9.73. The monoisotopic (exact) mass is 132 g/mol. The van der Waals surface area contributed by atoms with Crippen molar-refractivity contribution in [2.24, 2.45) is 0 Å². The molecule has 50 valence electrons. The van der Waals surface area contributed by atoms with E-state index in [1.54, 1.807) is 0 Å². The van der Waals surface area contributed by atoms with Gasteiger partial charge in [-0.25, -0.2) is 0 Å². The minimum Gasteiger partial charge on any atom is -0.306 e. The quantitative estimate of drug-likeness (QED) is 0.554. The van der Waals surface area contributed by atoms with Gasteiger partial charge in [0, 0.05) is 5.56 Å². The van der Waals surface area contributed by atoms with Crippen LogP contribution in [-0.4, -0.2) is 13.0 Å². The standard InChI is InChI=1S/C8H9BO/c1-9-8(10)7-5-3-2-4-6-7/h2-6,9H,1H3. The molecule has 0 atom stereocenters. The fourth-order valence-corrected chi connectivity index (χ4v) is 0.828. The van der Waals surface area contributed by atoms with Crippen LogP contribution >= 0.6 is 0 Å². The summed E-state index contributed by atoms with van der Waals surface area (Å²) in [6.45, 7) is 1.87. The molecule has 1 nitrogen and oxygen atoms in total. The van der Waals surface area contributed by atoms with Gasteiger partial charge >= 0.3 is 0 Å². The van der Waals surface area contributed by atoms with E-state index in [1.165, 1.54) is 0 Å². The molecule has 1 rings (SSSR count). The molecule has 0 amide bonds. The Kier molecular flexibility index (Phi) is 2.27. The molecule has 0 aliphatic heterocycles. The van der Waals surface area contributed by atoms with Gasteiger partial charge in [-0.1, -0.05) is 37.2 Å². The van der Waals surface area contributed by atoms with Crippen molar-refractivity contribution < 1.29 is 4.79 Å². The maximum Gasteiger partial charge on any atom is 0.208 e. The summed E-state index contributed by atoms with van der Waals surface area (Å²) in [6.07, 6.45) is 0.